The highest BCUT2D eigenvalue weighted by molar-refractivity contribution is 9.10. The lowest BCUT2D eigenvalue weighted by Crippen LogP contribution is -2.38. The molecule has 24 heavy (non-hydrogen) atoms. The van der Waals surface area contributed by atoms with Crippen molar-refractivity contribution < 1.29 is 14.6 Å². The summed E-state index contributed by atoms with van der Waals surface area (Å²) >= 11 is 3.42. The molecule has 1 saturated heterocycles. The van der Waals surface area contributed by atoms with Gasteiger partial charge in [0.1, 0.15) is 5.75 Å². The molecule has 1 heterocycles. The smallest absolute Gasteiger partial charge is 0.255 e. The summed E-state index contributed by atoms with van der Waals surface area (Å²) < 4.78 is 6.26. The van der Waals surface area contributed by atoms with E-state index < -0.39 is 0 Å². The van der Waals surface area contributed by atoms with Crippen molar-refractivity contribution in [1.82, 2.24) is 10.2 Å². The lowest BCUT2D eigenvalue weighted by molar-refractivity contribution is 0.0374. The third-order valence-corrected chi connectivity index (χ3v) is 4.70. The molecular weight excluding hydrogens is 372 g/mol. The number of nitrogens with zero attached hydrogens (tertiary/aromatic N) is 1. The number of phenolic OH excluding ortho intramolecular Hbond substituents is 1. The predicted molar refractivity (Wildman–Crippen MR) is 97.5 cm³/mol. The topological polar surface area (TPSA) is 61.8 Å². The number of morpholine rings is 1. The van der Waals surface area contributed by atoms with Gasteiger partial charge in [0.15, 0.2) is 0 Å². The first-order valence-electron chi connectivity index (χ1n) is 8.14. The highest BCUT2D eigenvalue weighted by Gasteiger charge is 2.13. The van der Waals surface area contributed by atoms with E-state index in [9.17, 15) is 9.90 Å². The van der Waals surface area contributed by atoms with E-state index in [1.807, 2.05) is 18.2 Å². The molecule has 2 aromatic rings. The van der Waals surface area contributed by atoms with E-state index in [4.69, 9.17) is 4.74 Å². The number of benzene rings is 2. The van der Waals surface area contributed by atoms with E-state index in [-0.39, 0.29) is 11.7 Å². The van der Waals surface area contributed by atoms with Crippen molar-refractivity contribution in [1.29, 1.82) is 0 Å². The summed E-state index contributed by atoms with van der Waals surface area (Å²) in [6.07, 6.45) is 0.881. The van der Waals surface area contributed by atoms with Crippen LogP contribution in [0.15, 0.2) is 34.8 Å². The number of hydrogen-bond donors (Lipinski definition) is 2. The van der Waals surface area contributed by atoms with Gasteiger partial charge < -0.3 is 15.2 Å². The van der Waals surface area contributed by atoms with E-state index >= 15 is 0 Å². The molecule has 1 aliphatic heterocycles. The molecule has 6 heteroatoms. The Bertz CT molecular complexity index is 730. The number of carbonyl (C=O) groups is 1. The average molecular weight is 393 g/mol. The molecule has 1 fully saturated rings. The maximum Gasteiger partial charge on any atom is 0.255 e. The summed E-state index contributed by atoms with van der Waals surface area (Å²) in [6.45, 7) is 5.01. The van der Waals surface area contributed by atoms with E-state index in [0.717, 1.165) is 54.5 Å². The zero-order valence-electron chi connectivity index (χ0n) is 13.4. The van der Waals surface area contributed by atoms with Crippen LogP contribution in [0.5, 0.6) is 5.75 Å². The summed E-state index contributed by atoms with van der Waals surface area (Å²) in [6, 6.07) is 9.11. The van der Waals surface area contributed by atoms with Gasteiger partial charge in [0.2, 0.25) is 0 Å². The van der Waals surface area contributed by atoms with Crippen molar-refractivity contribution in [2.45, 2.75) is 6.42 Å². The maximum absolute atomic E-state index is 12.3. The molecule has 2 aromatic carbocycles. The Morgan fingerprint density at radius 3 is 2.79 bits per heavy atom. The molecular formula is C18H21BrN2O3. The number of halogens is 1. The molecule has 1 amide bonds. The van der Waals surface area contributed by atoms with Gasteiger partial charge in [-0.2, -0.15) is 0 Å². The predicted octanol–water partition coefficient (Wildman–Crippen LogP) is 2.76. The number of rotatable bonds is 5. The first kappa shape index (κ1) is 17.2. The summed E-state index contributed by atoms with van der Waals surface area (Å²) in [5, 5.41) is 14.8. The largest absolute Gasteiger partial charge is 0.507 e. The minimum absolute atomic E-state index is 0.00972. The number of fused-ring (bicyclic) bond motifs is 1. The zero-order valence-corrected chi connectivity index (χ0v) is 15.0. The molecule has 0 atom stereocenters. The standard InChI is InChI=1S/C18H21BrN2O3/c19-15-3-2-13-12-17(22)16(11-14(13)10-15)18(23)20-4-1-5-21-6-8-24-9-7-21/h2-3,10-12,22H,1,4-9H2,(H,20,23). The third kappa shape index (κ3) is 4.26. The third-order valence-electron chi connectivity index (χ3n) is 4.20. The SMILES string of the molecule is O=C(NCCCN1CCOCC1)c1cc2cc(Br)ccc2cc1O. The van der Waals surface area contributed by atoms with Gasteiger partial charge in [-0.3, -0.25) is 9.69 Å². The Morgan fingerprint density at radius 1 is 1.21 bits per heavy atom. The van der Waals surface area contributed by atoms with Crippen molar-refractivity contribution in [2.75, 3.05) is 39.4 Å². The number of carbonyl (C=O) groups excluding carboxylic acids is 1. The second-order valence-corrected chi connectivity index (χ2v) is 6.84. The van der Waals surface area contributed by atoms with Crippen LogP contribution in [0.1, 0.15) is 16.8 Å². The Balaban J connectivity index is 1.58. The fourth-order valence-corrected chi connectivity index (χ4v) is 3.24. The molecule has 3 rings (SSSR count). The van der Waals surface area contributed by atoms with Crippen LogP contribution in [0.3, 0.4) is 0 Å². The zero-order chi connectivity index (χ0) is 16.9. The summed E-state index contributed by atoms with van der Waals surface area (Å²) in [5.74, 6) is -0.230. The molecule has 0 aromatic heterocycles. The lowest BCUT2D eigenvalue weighted by Gasteiger charge is -2.26. The average Bonchev–Trinajstić information content (AvgIpc) is 2.59. The van der Waals surface area contributed by atoms with Crippen molar-refractivity contribution in [3.8, 4) is 5.75 Å². The van der Waals surface area contributed by atoms with Crippen molar-refractivity contribution >= 4 is 32.6 Å². The Kier molecular flexibility index (Phi) is 5.71. The molecule has 0 bridgehead atoms. The molecule has 0 unspecified atom stereocenters. The van der Waals surface area contributed by atoms with Crippen LogP contribution in [-0.4, -0.2) is 55.3 Å². The summed E-state index contributed by atoms with van der Waals surface area (Å²) in [4.78, 5) is 14.7. The number of nitrogens with one attached hydrogen (secondary N) is 1. The van der Waals surface area contributed by atoms with Crippen LogP contribution < -0.4 is 5.32 Å². The van der Waals surface area contributed by atoms with Crippen LogP contribution >= 0.6 is 15.9 Å². The molecule has 5 nitrogen and oxygen atoms in total. The molecule has 0 radical (unpaired) electrons. The van der Waals surface area contributed by atoms with Crippen LogP contribution in [0, 0.1) is 0 Å². The van der Waals surface area contributed by atoms with E-state index in [2.05, 4.69) is 26.1 Å². The molecule has 128 valence electrons. The van der Waals surface area contributed by atoms with Crippen LogP contribution in [0.4, 0.5) is 0 Å². The number of aromatic hydroxyl groups is 1. The number of amides is 1. The Morgan fingerprint density at radius 2 is 2.00 bits per heavy atom. The van der Waals surface area contributed by atoms with Gasteiger partial charge >= 0.3 is 0 Å². The van der Waals surface area contributed by atoms with E-state index in [0.29, 0.717) is 12.1 Å². The fourth-order valence-electron chi connectivity index (χ4n) is 2.86. The van der Waals surface area contributed by atoms with Crippen molar-refractivity contribution in [3.63, 3.8) is 0 Å². The Labute approximate surface area is 149 Å². The summed E-state index contributed by atoms with van der Waals surface area (Å²) in [7, 11) is 0. The first-order valence-corrected chi connectivity index (χ1v) is 8.93. The number of phenols is 1. The van der Waals surface area contributed by atoms with Crippen LogP contribution in [-0.2, 0) is 4.74 Å². The molecule has 2 N–H and O–H groups in total. The molecule has 0 aliphatic carbocycles. The van der Waals surface area contributed by atoms with Gasteiger partial charge in [0.25, 0.3) is 5.91 Å². The van der Waals surface area contributed by atoms with Crippen LogP contribution in [0.25, 0.3) is 10.8 Å². The van der Waals surface area contributed by atoms with E-state index in [1.54, 1.807) is 12.1 Å². The lowest BCUT2D eigenvalue weighted by atomic mass is 10.1. The summed E-state index contributed by atoms with van der Waals surface area (Å²) in [5.41, 5.74) is 0.312. The van der Waals surface area contributed by atoms with Gasteiger partial charge in [-0.15, -0.1) is 0 Å². The molecule has 0 saturated carbocycles. The minimum atomic E-state index is -0.239. The van der Waals surface area contributed by atoms with Gasteiger partial charge in [0, 0.05) is 24.1 Å². The fraction of sp³-hybridized carbons (Fsp3) is 0.389. The van der Waals surface area contributed by atoms with E-state index in [1.165, 1.54) is 0 Å². The van der Waals surface area contributed by atoms with Crippen LogP contribution in [0.2, 0.25) is 0 Å². The normalized spacial score (nSPS) is 15.5. The van der Waals surface area contributed by atoms with Crippen molar-refractivity contribution in [3.05, 3.63) is 40.4 Å². The van der Waals surface area contributed by atoms with Gasteiger partial charge in [-0.05, 0) is 48.0 Å². The number of ether oxygens (including phenoxy) is 1. The number of hydrogen-bond acceptors (Lipinski definition) is 4. The molecule has 1 aliphatic rings. The van der Waals surface area contributed by atoms with Gasteiger partial charge in [-0.1, -0.05) is 22.0 Å². The highest BCUT2D eigenvalue weighted by Crippen LogP contribution is 2.27. The molecule has 0 spiro atoms. The monoisotopic (exact) mass is 392 g/mol. The maximum atomic E-state index is 12.3. The second-order valence-electron chi connectivity index (χ2n) is 5.92. The van der Waals surface area contributed by atoms with Gasteiger partial charge in [-0.25, -0.2) is 0 Å². The first-order chi connectivity index (χ1) is 11.6. The van der Waals surface area contributed by atoms with Gasteiger partial charge in [0.05, 0.1) is 18.8 Å². The quantitative estimate of drug-likeness (QED) is 0.767. The Hall–Kier alpha value is -1.63. The highest BCUT2D eigenvalue weighted by atomic mass is 79.9. The second kappa shape index (κ2) is 7.96. The minimum Gasteiger partial charge on any atom is -0.507 e. The van der Waals surface area contributed by atoms with Crippen molar-refractivity contribution in [2.24, 2.45) is 0 Å².